The molecule has 3 heteroatoms. The average Bonchev–Trinajstić information content (AvgIpc) is 2.22. The molecule has 2 atom stereocenters. The number of hydrogen-bond donors (Lipinski definition) is 1. The van der Waals surface area contributed by atoms with Crippen molar-refractivity contribution in [1.29, 1.82) is 0 Å². The fourth-order valence-electron chi connectivity index (χ4n) is 3.40. The molecule has 1 saturated carbocycles. The molecule has 1 aliphatic heterocycles. The van der Waals surface area contributed by atoms with E-state index in [4.69, 9.17) is 4.74 Å². The molecule has 0 aromatic heterocycles. The summed E-state index contributed by atoms with van der Waals surface area (Å²) >= 11 is 0. The molecule has 1 saturated heterocycles. The van der Waals surface area contributed by atoms with E-state index in [0.29, 0.717) is 11.5 Å². The van der Waals surface area contributed by atoms with Gasteiger partial charge in [-0.15, -0.1) is 0 Å². The molecule has 1 heterocycles. The van der Waals surface area contributed by atoms with Crippen LogP contribution in [0.15, 0.2) is 0 Å². The highest BCUT2D eigenvalue weighted by molar-refractivity contribution is 4.98. The highest BCUT2D eigenvalue weighted by Crippen LogP contribution is 2.41. The van der Waals surface area contributed by atoms with E-state index in [9.17, 15) is 5.11 Å². The fourth-order valence-corrected chi connectivity index (χ4v) is 3.40. The molecule has 1 aliphatic carbocycles. The molecule has 3 nitrogen and oxygen atoms in total. The van der Waals surface area contributed by atoms with Gasteiger partial charge in [0.1, 0.15) is 0 Å². The maximum atomic E-state index is 9.95. The molecule has 2 aliphatic rings. The summed E-state index contributed by atoms with van der Waals surface area (Å²) in [6, 6.07) is 0.477. The summed E-state index contributed by atoms with van der Waals surface area (Å²) in [5.41, 5.74) is 0.394. The number of nitrogens with zero attached hydrogens (tertiary/aromatic N) is 1. The zero-order valence-corrected chi connectivity index (χ0v) is 11.7. The largest absolute Gasteiger partial charge is 0.393 e. The van der Waals surface area contributed by atoms with Crippen LogP contribution in [0.2, 0.25) is 0 Å². The lowest BCUT2D eigenvalue weighted by Crippen LogP contribution is -2.62. The van der Waals surface area contributed by atoms with Crippen LogP contribution in [0, 0.1) is 5.41 Å². The summed E-state index contributed by atoms with van der Waals surface area (Å²) in [5, 5.41) is 9.95. The van der Waals surface area contributed by atoms with Gasteiger partial charge in [0.25, 0.3) is 0 Å². The van der Waals surface area contributed by atoms with Crippen molar-refractivity contribution >= 4 is 0 Å². The third kappa shape index (κ3) is 2.67. The van der Waals surface area contributed by atoms with Crippen LogP contribution in [-0.2, 0) is 4.74 Å². The zero-order chi connectivity index (χ0) is 12.7. The Kier molecular flexibility index (Phi) is 3.54. The number of morpholine rings is 1. The first-order valence-electron chi connectivity index (χ1n) is 6.85. The minimum absolute atomic E-state index is 0.0945. The average molecular weight is 241 g/mol. The lowest BCUT2D eigenvalue weighted by atomic mass is 9.70. The Morgan fingerprint density at radius 2 is 1.94 bits per heavy atom. The molecule has 0 spiro atoms. The fraction of sp³-hybridized carbons (Fsp3) is 1.00. The standard InChI is InChI=1S/C14H27NO2/c1-13(2)6-5-11(16)9-12(13)15-7-8-17-10-14(15,3)4/h11-12,16H,5-10H2,1-4H3. The van der Waals surface area contributed by atoms with Gasteiger partial charge in [-0.3, -0.25) is 4.90 Å². The highest BCUT2D eigenvalue weighted by atomic mass is 16.5. The second-order valence-electron chi connectivity index (χ2n) is 6.99. The maximum absolute atomic E-state index is 9.95. The quantitative estimate of drug-likeness (QED) is 0.762. The number of rotatable bonds is 1. The van der Waals surface area contributed by atoms with Crippen LogP contribution >= 0.6 is 0 Å². The van der Waals surface area contributed by atoms with Crippen molar-refractivity contribution in [1.82, 2.24) is 4.90 Å². The molecule has 100 valence electrons. The van der Waals surface area contributed by atoms with Crippen molar-refractivity contribution in [3.05, 3.63) is 0 Å². The molecule has 0 aromatic carbocycles. The Labute approximate surface area is 105 Å². The summed E-state index contributed by atoms with van der Waals surface area (Å²) < 4.78 is 5.60. The van der Waals surface area contributed by atoms with Gasteiger partial charge < -0.3 is 9.84 Å². The molecular formula is C14H27NO2. The van der Waals surface area contributed by atoms with Gasteiger partial charge in [0.2, 0.25) is 0 Å². The highest BCUT2D eigenvalue weighted by Gasteiger charge is 2.45. The lowest BCUT2D eigenvalue weighted by molar-refractivity contribution is -0.117. The van der Waals surface area contributed by atoms with E-state index in [2.05, 4.69) is 32.6 Å². The van der Waals surface area contributed by atoms with Gasteiger partial charge in [0.05, 0.1) is 19.3 Å². The van der Waals surface area contributed by atoms with Crippen LogP contribution < -0.4 is 0 Å². The number of aliphatic hydroxyl groups is 1. The maximum Gasteiger partial charge on any atom is 0.0645 e. The van der Waals surface area contributed by atoms with Crippen molar-refractivity contribution in [2.24, 2.45) is 5.41 Å². The molecule has 2 rings (SSSR count). The SMILES string of the molecule is CC1(C)CCC(O)CC1N1CCOCC1(C)C. The summed E-state index contributed by atoms with van der Waals surface area (Å²) in [6.07, 6.45) is 2.86. The van der Waals surface area contributed by atoms with E-state index in [1.54, 1.807) is 0 Å². The molecule has 0 radical (unpaired) electrons. The summed E-state index contributed by atoms with van der Waals surface area (Å²) in [7, 11) is 0. The van der Waals surface area contributed by atoms with Gasteiger partial charge in [0.15, 0.2) is 0 Å². The van der Waals surface area contributed by atoms with E-state index in [-0.39, 0.29) is 11.6 Å². The summed E-state index contributed by atoms with van der Waals surface area (Å²) in [6.45, 7) is 11.8. The Morgan fingerprint density at radius 1 is 1.24 bits per heavy atom. The van der Waals surface area contributed by atoms with Crippen LogP contribution in [0.25, 0.3) is 0 Å². The van der Waals surface area contributed by atoms with Crippen molar-refractivity contribution in [3.63, 3.8) is 0 Å². The first-order chi connectivity index (χ1) is 7.83. The van der Waals surface area contributed by atoms with E-state index in [1.165, 1.54) is 0 Å². The van der Waals surface area contributed by atoms with Crippen LogP contribution in [0.3, 0.4) is 0 Å². The minimum atomic E-state index is -0.119. The van der Waals surface area contributed by atoms with Gasteiger partial charge in [-0.2, -0.15) is 0 Å². The second-order valence-corrected chi connectivity index (χ2v) is 6.99. The Balaban J connectivity index is 2.18. The summed E-state index contributed by atoms with van der Waals surface area (Å²) in [5.74, 6) is 0. The third-order valence-electron chi connectivity index (χ3n) is 4.60. The van der Waals surface area contributed by atoms with Crippen molar-refractivity contribution in [2.75, 3.05) is 19.8 Å². The molecular weight excluding hydrogens is 214 g/mol. The first-order valence-corrected chi connectivity index (χ1v) is 6.85. The van der Waals surface area contributed by atoms with E-state index in [0.717, 1.165) is 39.0 Å². The lowest BCUT2D eigenvalue weighted by Gasteiger charge is -2.54. The van der Waals surface area contributed by atoms with Gasteiger partial charge in [0, 0.05) is 18.1 Å². The molecule has 0 bridgehead atoms. The number of aliphatic hydroxyl groups excluding tert-OH is 1. The van der Waals surface area contributed by atoms with Crippen molar-refractivity contribution < 1.29 is 9.84 Å². The second kappa shape index (κ2) is 4.52. The zero-order valence-electron chi connectivity index (χ0n) is 11.7. The molecule has 17 heavy (non-hydrogen) atoms. The van der Waals surface area contributed by atoms with Crippen LogP contribution in [0.5, 0.6) is 0 Å². The van der Waals surface area contributed by atoms with Crippen molar-refractivity contribution in [2.45, 2.75) is 64.6 Å². The van der Waals surface area contributed by atoms with Gasteiger partial charge in [-0.05, 0) is 38.5 Å². The smallest absolute Gasteiger partial charge is 0.0645 e. The van der Waals surface area contributed by atoms with E-state index < -0.39 is 0 Å². The molecule has 1 N–H and O–H groups in total. The molecule has 2 unspecified atom stereocenters. The predicted molar refractivity (Wildman–Crippen MR) is 69.0 cm³/mol. The van der Waals surface area contributed by atoms with Crippen LogP contribution in [0.4, 0.5) is 0 Å². The Morgan fingerprint density at radius 3 is 2.59 bits per heavy atom. The summed E-state index contributed by atoms with van der Waals surface area (Å²) in [4.78, 5) is 2.57. The molecule has 0 aromatic rings. The Bertz CT molecular complexity index is 275. The van der Waals surface area contributed by atoms with Crippen LogP contribution in [-0.4, -0.2) is 47.4 Å². The Hall–Kier alpha value is -0.120. The molecule has 2 fully saturated rings. The minimum Gasteiger partial charge on any atom is -0.393 e. The monoisotopic (exact) mass is 241 g/mol. The van der Waals surface area contributed by atoms with Gasteiger partial charge in [-0.25, -0.2) is 0 Å². The van der Waals surface area contributed by atoms with Crippen molar-refractivity contribution in [3.8, 4) is 0 Å². The van der Waals surface area contributed by atoms with Gasteiger partial charge >= 0.3 is 0 Å². The molecule has 0 amide bonds. The van der Waals surface area contributed by atoms with Crippen LogP contribution in [0.1, 0.15) is 47.0 Å². The predicted octanol–water partition coefficient (Wildman–Crippen LogP) is 2.04. The third-order valence-corrected chi connectivity index (χ3v) is 4.60. The van der Waals surface area contributed by atoms with Gasteiger partial charge in [-0.1, -0.05) is 13.8 Å². The first kappa shape index (κ1) is 13.3. The normalized spacial score (nSPS) is 37.9. The van der Waals surface area contributed by atoms with E-state index in [1.807, 2.05) is 0 Å². The number of hydrogen-bond acceptors (Lipinski definition) is 3. The van der Waals surface area contributed by atoms with E-state index >= 15 is 0 Å². The topological polar surface area (TPSA) is 32.7 Å². The number of ether oxygens (including phenoxy) is 1.